The molecule has 1 amide bonds. The molecule has 2 aromatic rings. The molecule has 0 saturated heterocycles. The molecule has 98 valence electrons. The summed E-state index contributed by atoms with van der Waals surface area (Å²) in [5.74, 6) is 0.244. The van der Waals surface area contributed by atoms with E-state index in [-0.39, 0.29) is 12.5 Å². The Morgan fingerprint density at radius 1 is 1.32 bits per heavy atom. The number of carbonyl (C=O) groups is 1. The maximum atomic E-state index is 11.7. The van der Waals surface area contributed by atoms with Crippen molar-refractivity contribution < 1.29 is 9.53 Å². The Morgan fingerprint density at radius 2 is 2.11 bits per heavy atom. The number of anilines is 2. The number of hydrogen-bond acceptors (Lipinski definition) is 4. The third-order valence-corrected chi connectivity index (χ3v) is 2.47. The van der Waals surface area contributed by atoms with Gasteiger partial charge in [-0.15, -0.1) is 0 Å². The van der Waals surface area contributed by atoms with Crippen molar-refractivity contribution >= 4 is 17.3 Å². The summed E-state index contributed by atoms with van der Waals surface area (Å²) >= 11 is 0. The predicted molar refractivity (Wildman–Crippen MR) is 74.0 cm³/mol. The molecule has 1 aromatic carbocycles. The van der Waals surface area contributed by atoms with Crippen molar-refractivity contribution in [2.24, 2.45) is 0 Å². The van der Waals surface area contributed by atoms with Crippen molar-refractivity contribution in [2.75, 3.05) is 17.7 Å². The zero-order chi connectivity index (χ0) is 13.7. The summed E-state index contributed by atoms with van der Waals surface area (Å²) in [4.78, 5) is 15.8. The lowest BCUT2D eigenvalue weighted by Gasteiger charge is -2.09. The summed E-state index contributed by atoms with van der Waals surface area (Å²) in [6, 6.07) is 10.7. The number of nitrogens with zero attached hydrogens (tertiary/aromatic N) is 1. The molecule has 5 nitrogen and oxygen atoms in total. The topological polar surface area (TPSA) is 77.2 Å². The normalized spacial score (nSPS) is 9.95. The third-order valence-electron chi connectivity index (χ3n) is 2.47. The van der Waals surface area contributed by atoms with Crippen LogP contribution in [0.1, 0.15) is 5.69 Å². The van der Waals surface area contributed by atoms with Gasteiger partial charge in [0.05, 0.1) is 17.6 Å². The highest BCUT2D eigenvalue weighted by molar-refractivity contribution is 5.91. The van der Waals surface area contributed by atoms with Crippen LogP contribution in [-0.2, 0) is 4.79 Å². The number of amides is 1. The molecule has 0 aliphatic heterocycles. The van der Waals surface area contributed by atoms with Crippen LogP contribution in [0.25, 0.3) is 0 Å². The van der Waals surface area contributed by atoms with E-state index in [1.54, 1.807) is 36.5 Å². The van der Waals surface area contributed by atoms with E-state index in [0.29, 0.717) is 17.1 Å². The Bertz CT molecular complexity index is 567. The highest BCUT2D eigenvalue weighted by Crippen LogP contribution is 2.19. The molecule has 1 aromatic heterocycles. The molecular weight excluding hydrogens is 242 g/mol. The lowest BCUT2D eigenvalue weighted by Crippen LogP contribution is -2.20. The predicted octanol–water partition coefficient (Wildman–Crippen LogP) is 1.99. The number of aromatic nitrogens is 1. The number of nitrogens with two attached hydrogens (primary N) is 1. The molecule has 0 atom stereocenters. The molecule has 0 spiro atoms. The van der Waals surface area contributed by atoms with Gasteiger partial charge in [-0.1, -0.05) is 12.1 Å². The summed E-state index contributed by atoms with van der Waals surface area (Å²) in [5, 5.41) is 2.69. The van der Waals surface area contributed by atoms with E-state index in [2.05, 4.69) is 10.3 Å². The average molecular weight is 257 g/mol. The highest BCUT2D eigenvalue weighted by atomic mass is 16.5. The van der Waals surface area contributed by atoms with Gasteiger partial charge in [-0.3, -0.25) is 9.78 Å². The van der Waals surface area contributed by atoms with E-state index < -0.39 is 0 Å². The number of pyridine rings is 1. The van der Waals surface area contributed by atoms with Crippen LogP contribution in [0.4, 0.5) is 11.4 Å². The quantitative estimate of drug-likeness (QED) is 0.821. The first kappa shape index (κ1) is 12.9. The zero-order valence-corrected chi connectivity index (χ0v) is 10.6. The maximum Gasteiger partial charge on any atom is 0.262 e. The van der Waals surface area contributed by atoms with E-state index in [1.807, 2.05) is 13.0 Å². The van der Waals surface area contributed by atoms with Gasteiger partial charge in [0.25, 0.3) is 5.91 Å². The molecular formula is C14H15N3O2. The Labute approximate surface area is 111 Å². The lowest BCUT2D eigenvalue weighted by molar-refractivity contribution is -0.118. The minimum Gasteiger partial charge on any atom is -0.482 e. The molecule has 19 heavy (non-hydrogen) atoms. The molecule has 3 N–H and O–H groups in total. The highest BCUT2D eigenvalue weighted by Gasteiger charge is 2.05. The summed E-state index contributed by atoms with van der Waals surface area (Å²) in [6.07, 6.45) is 1.60. The van der Waals surface area contributed by atoms with Crippen LogP contribution in [0.3, 0.4) is 0 Å². The molecule has 0 radical (unpaired) electrons. The number of nitrogen functional groups attached to an aromatic ring is 1. The van der Waals surface area contributed by atoms with Crippen LogP contribution in [0, 0.1) is 6.92 Å². The second kappa shape index (κ2) is 5.86. The van der Waals surface area contributed by atoms with Crippen LogP contribution in [-0.4, -0.2) is 17.5 Å². The van der Waals surface area contributed by atoms with Gasteiger partial charge in [-0.05, 0) is 31.2 Å². The first-order chi connectivity index (χ1) is 9.15. The van der Waals surface area contributed by atoms with Gasteiger partial charge in [0.2, 0.25) is 0 Å². The fourth-order valence-corrected chi connectivity index (χ4v) is 1.49. The van der Waals surface area contributed by atoms with Crippen molar-refractivity contribution in [1.82, 2.24) is 4.98 Å². The van der Waals surface area contributed by atoms with Crippen molar-refractivity contribution in [2.45, 2.75) is 6.92 Å². The minimum absolute atomic E-state index is 0.0951. The first-order valence-electron chi connectivity index (χ1n) is 5.85. The lowest BCUT2D eigenvalue weighted by atomic mass is 10.3. The van der Waals surface area contributed by atoms with Gasteiger partial charge in [-0.25, -0.2) is 0 Å². The first-order valence-corrected chi connectivity index (χ1v) is 5.85. The third kappa shape index (κ3) is 3.70. The largest absolute Gasteiger partial charge is 0.482 e. The number of benzene rings is 1. The molecule has 1 heterocycles. The summed E-state index contributed by atoms with van der Waals surface area (Å²) in [5.41, 5.74) is 7.75. The van der Waals surface area contributed by atoms with Crippen LogP contribution in [0.2, 0.25) is 0 Å². The van der Waals surface area contributed by atoms with Gasteiger partial charge in [0, 0.05) is 5.69 Å². The molecule has 0 unspecified atom stereocenters. The van der Waals surface area contributed by atoms with Gasteiger partial charge >= 0.3 is 0 Å². The average Bonchev–Trinajstić information content (AvgIpc) is 2.40. The Morgan fingerprint density at radius 3 is 2.79 bits per heavy atom. The monoisotopic (exact) mass is 257 g/mol. The van der Waals surface area contributed by atoms with Crippen LogP contribution in [0.15, 0.2) is 42.6 Å². The van der Waals surface area contributed by atoms with Crippen LogP contribution < -0.4 is 15.8 Å². The van der Waals surface area contributed by atoms with E-state index in [4.69, 9.17) is 10.5 Å². The Kier molecular flexibility index (Phi) is 3.97. The molecule has 0 aliphatic carbocycles. The van der Waals surface area contributed by atoms with Gasteiger partial charge in [0.15, 0.2) is 6.61 Å². The molecule has 0 aliphatic rings. The Hall–Kier alpha value is -2.56. The molecule has 0 saturated carbocycles. The van der Waals surface area contributed by atoms with Gasteiger partial charge < -0.3 is 15.8 Å². The zero-order valence-electron chi connectivity index (χ0n) is 10.6. The van der Waals surface area contributed by atoms with Crippen LogP contribution in [0.5, 0.6) is 5.75 Å². The van der Waals surface area contributed by atoms with E-state index in [9.17, 15) is 4.79 Å². The standard InChI is InChI=1S/C14H15N3O2/c1-10-6-7-11(8-16-10)17-14(18)9-19-13-5-3-2-4-12(13)15/h2-8H,9,15H2,1H3,(H,17,18). The molecule has 2 rings (SSSR count). The summed E-state index contributed by atoms with van der Waals surface area (Å²) in [7, 11) is 0. The van der Waals surface area contributed by atoms with Gasteiger partial charge in [0.1, 0.15) is 5.75 Å². The van der Waals surface area contributed by atoms with Crippen molar-refractivity contribution in [1.29, 1.82) is 0 Å². The number of para-hydroxylation sites is 2. The van der Waals surface area contributed by atoms with Crippen molar-refractivity contribution in [3.63, 3.8) is 0 Å². The molecule has 0 fully saturated rings. The Balaban J connectivity index is 1.88. The number of hydrogen-bond donors (Lipinski definition) is 2. The minimum atomic E-state index is -0.256. The molecule has 5 heteroatoms. The second-order valence-corrected chi connectivity index (χ2v) is 4.06. The number of rotatable bonds is 4. The van der Waals surface area contributed by atoms with E-state index >= 15 is 0 Å². The van der Waals surface area contributed by atoms with Crippen LogP contribution >= 0.6 is 0 Å². The van der Waals surface area contributed by atoms with E-state index in [1.165, 1.54) is 0 Å². The van der Waals surface area contributed by atoms with Crippen molar-refractivity contribution in [3.05, 3.63) is 48.3 Å². The van der Waals surface area contributed by atoms with Crippen molar-refractivity contribution in [3.8, 4) is 5.75 Å². The fourth-order valence-electron chi connectivity index (χ4n) is 1.49. The molecule has 0 bridgehead atoms. The number of carbonyl (C=O) groups excluding carboxylic acids is 1. The summed E-state index contributed by atoms with van der Waals surface area (Å²) in [6.45, 7) is 1.79. The maximum absolute atomic E-state index is 11.7. The second-order valence-electron chi connectivity index (χ2n) is 4.06. The van der Waals surface area contributed by atoms with Gasteiger partial charge in [-0.2, -0.15) is 0 Å². The fraction of sp³-hybridized carbons (Fsp3) is 0.143. The number of nitrogens with one attached hydrogen (secondary N) is 1. The van der Waals surface area contributed by atoms with E-state index in [0.717, 1.165) is 5.69 Å². The number of aryl methyl sites for hydroxylation is 1. The smallest absolute Gasteiger partial charge is 0.262 e. The SMILES string of the molecule is Cc1ccc(NC(=O)COc2ccccc2N)cn1. The number of ether oxygens (including phenoxy) is 1. The summed E-state index contributed by atoms with van der Waals surface area (Å²) < 4.78 is 5.34.